The fourth-order valence-corrected chi connectivity index (χ4v) is 3.13. The maximum Gasteiger partial charge on any atom is 0.313 e. The molecule has 1 saturated heterocycles. The van der Waals surface area contributed by atoms with Crippen molar-refractivity contribution < 1.29 is 14.0 Å². The van der Waals surface area contributed by atoms with Crippen LogP contribution in [-0.2, 0) is 9.59 Å². The molecule has 8 heteroatoms. The first-order valence-corrected chi connectivity index (χ1v) is 8.76. The number of halogens is 3. The van der Waals surface area contributed by atoms with Gasteiger partial charge in [-0.2, -0.15) is 0 Å². The number of anilines is 2. The van der Waals surface area contributed by atoms with Crippen molar-refractivity contribution in [3.63, 3.8) is 0 Å². The predicted molar refractivity (Wildman–Crippen MR) is 100 cm³/mol. The van der Waals surface area contributed by atoms with E-state index in [1.54, 1.807) is 36.4 Å². The lowest BCUT2D eigenvalue weighted by Crippen LogP contribution is -2.51. The lowest BCUT2D eigenvalue weighted by Gasteiger charge is -2.35. The second kappa shape index (κ2) is 7.93. The summed E-state index contributed by atoms with van der Waals surface area (Å²) >= 11 is 11.9. The van der Waals surface area contributed by atoms with Gasteiger partial charge in [-0.25, -0.2) is 4.39 Å². The van der Waals surface area contributed by atoms with E-state index < -0.39 is 11.8 Å². The molecule has 1 fully saturated rings. The quantitative estimate of drug-likeness (QED) is 0.792. The van der Waals surface area contributed by atoms with E-state index in [4.69, 9.17) is 23.2 Å². The fraction of sp³-hybridized carbons (Fsp3) is 0.222. The Bertz CT molecular complexity index is 839. The first-order valence-electron chi connectivity index (χ1n) is 8.01. The zero-order valence-corrected chi connectivity index (χ0v) is 15.2. The number of nitrogens with zero attached hydrogens (tertiary/aromatic N) is 2. The monoisotopic (exact) mass is 395 g/mol. The van der Waals surface area contributed by atoms with Gasteiger partial charge < -0.3 is 15.1 Å². The molecule has 136 valence electrons. The third-order valence-corrected chi connectivity index (χ3v) is 4.97. The van der Waals surface area contributed by atoms with Crippen LogP contribution >= 0.6 is 23.2 Å². The van der Waals surface area contributed by atoms with Gasteiger partial charge in [0.25, 0.3) is 0 Å². The molecule has 2 aromatic carbocycles. The zero-order chi connectivity index (χ0) is 18.7. The van der Waals surface area contributed by atoms with Crippen LogP contribution in [0, 0.1) is 5.82 Å². The maximum absolute atomic E-state index is 13.9. The minimum atomic E-state index is -0.784. The molecule has 0 aliphatic carbocycles. The number of carbonyl (C=O) groups is 2. The molecule has 0 spiro atoms. The predicted octanol–water partition coefficient (Wildman–Crippen LogP) is 3.42. The van der Waals surface area contributed by atoms with Crippen molar-refractivity contribution in [3.8, 4) is 0 Å². The van der Waals surface area contributed by atoms with Gasteiger partial charge in [-0.15, -0.1) is 0 Å². The van der Waals surface area contributed by atoms with E-state index in [2.05, 4.69) is 5.32 Å². The minimum absolute atomic E-state index is 0.180. The lowest BCUT2D eigenvalue weighted by molar-refractivity contribution is -0.143. The standard InChI is InChI=1S/C18H16Cl2FN3O2/c19-12-4-3-6-14(16(12)20)22-17(25)18(26)24-10-8-23(9-11-24)15-7-2-1-5-13(15)21/h1-7H,8-11H2,(H,22,25). The molecule has 2 amide bonds. The number of nitrogens with one attached hydrogen (secondary N) is 1. The summed E-state index contributed by atoms with van der Waals surface area (Å²) < 4.78 is 13.9. The Labute approximate surface area is 160 Å². The van der Waals surface area contributed by atoms with Crippen molar-refractivity contribution in [1.29, 1.82) is 0 Å². The van der Waals surface area contributed by atoms with E-state index in [1.165, 1.54) is 11.0 Å². The molecule has 0 unspecified atom stereocenters. The van der Waals surface area contributed by atoms with Crippen LogP contribution in [0.3, 0.4) is 0 Å². The van der Waals surface area contributed by atoms with E-state index in [0.29, 0.717) is 31.9 Å². The Morgan fingerprint density at radius 2 is 1.65 bits per heavy atom. The highest BCUT2D eigenvalue weighted by Crippen LogP contribution is 2.29. The molecule has 2 aromatic rings. The lowest BCUT2D eigenvalue weighted by atomic mass is 10.2. The molecular formula is C18H16Cl2FN3O2. The van der Waals surface area contributed by atoms with Gasteiger partial charge in [0, 0.05) is 26.2 Å². The summed E-state index contributed by atoms with van der Waals surface area (Å²) in [4.78, 5) is 27.8. The number of carbonyl (C=O) groups excluding carboxylic acids is 2. The van der Waals surface area contributed by atoms with Gasteiger partial charge >= 0.3 is 11.8 Å². The highest BCUT2D eigenvalue weighted by Gasteiger charge is 2.27. The van der Waals surface area contributed by atoms with Gasteiger partial charge in [-0.3, -0.25) is 9.59 Å². The maximum atomic E-state index is 13.9. The van der Waals surface area contributed by atoms with Gasteiger partial charge in [0.05, 0.1) is 21.4 Å². The molecule has 3 rings (SSSR count). The van der Waals surface area contributed by atoms with Crippen LogP contribution in [-0.4, -0.2) is 42.9 Å². The summed E-state index contributed by atoms with van der Waals surface area (Å²) in [6.45, 7) is 1.53. The Morgan fingerprint density at radius 1 is 0.962 bits per heavy atom. The largest absolute Gasteiger partial charge is 0.366 e. The first-order chi connectivity index (χ1) is 12.5. The van der Waals surface area contributed by atoms with Crippen LogP contribution in [0.25, 0.3) is 0 Å². The van der Waals surface area contributed by atoms with E-state index in [1.807, 2.05) is 4.90 Å². The van der Waals surface area contributed by atoms with Gasteiger partial charge in [-0.05, 0) is 24.3 Å². The molecule has 0 saturated carbocycles. The average Bonchev–Trinajstić information content (AvgIpc) is 2.65. The normalized spacial score (nSPS) is 14.3. The summed E-state index contributed by atoms with van der Waals surface area (Å²) in [6.07, 6.45) is 0. The van der Waals surface area contributed by atoms with E-state index in [9.17, 15) is 14.0 Å². The number of rotatable bonds is 2. The molecular weight excluding hydrogens is 380 g/mol. The van der Waals surface area contributed by atoms with Crippen LogP contribution in [0.2, 0.25) is 10.0 Å². The average molecular weight is 396 g/mol. The summed E-state index contributed by atoms with van der Waals surface area (Å²) in [7, 11) is 0. The second-order valence-corrected chi connectivity index (χ2v) is 6.57. The van der Waals surface area contributed by atoms with E-state index in [0.717, 1.165) is 0 Å². The molecule has 1 aliphatic heterocycles. The highest BCUT2D eigenvalue weighted by molar-refractivity contribution is 6.45. The van der Waals surface area contributed by atoms with Crippen LogP contribution < -0.4 is 10.2 Å². The molecule has 1 N–H and O–H groups in total. The van der Waals surface area contributed by atoms with Crippen molar-refractivity contribution in [2.24, 2.45) is 0 Å². The van der Waals surface area contributed by atoms with Crippen LogP contribution in [0.5, 0.6) is 0 Å². The Morgan fingerprint density at radius 3 is 2.35 bits per heavy atom. The summed E-state index contributed by atoms with van der Waals surface area (Å²) in [5, 5.41) is 2.95. The van der Waals surface area contributed by atoms with E-state index >= 15 is 0 Å². The van der Waals surface area contributed by atoms with Crippen LogP contribution in [0.15, 0.2) is 42.5 Å². The Balaban J connectivity index is 1.60. The third kappa shape index (κ3) is 3.92. The van der Waals surface area contributed by atoms with Crippen LogP contribution in [0.1, 0.15) is 0 Å². The second-order valence-electron chi connectivity index (χ2n) is 5.79. The Kier molecular flexibility index (Phi) is 5.64. The molecule has 5 nitrogen and oxygen atoms in total. The number of hydrogen-bond donors (Lipinski definition) is 1. The number of benzene rings is 2. The van der Waals surface area contributed by atoms with Gasteiger partial charge in [-0.1, -0.05) is 41.4 Å². The summed E-state index contributed by atoms with van der Waals surface area (Å²) in [5.74, 6) is -1.75. The van der Waals surface area contributed by atoms with Crippen molar-refractivity contribution in [2.45, 2.75) is 0 Å². The summed E-state index contributed by atoms with van der Waals surface area (Å²) in [6, 6.07) is 11.3. The zero-order valence-electron chi connectivity index (χ0n) is 13.7. The number of amides is 2. The van der Waals surface area contributed by atoms with Crippen molar-refractivity contribution >= 4 is 46.4 Å². The van der Waals surface area contributed by atoms with Gasteiger partial charge in [0.1, 0.15) is 5.82 Å². The molecule has 0 bridgehead atoms. The first kappa shape index (κ1) is 18.5. The Hall–Kier alpha value is -2.31. The van der Waals surface area contributed by atoms with Gasteiger partial charge in [0.2, 0.25) is 0 Å². The van der Waals surface area contributed by atoms with Crippen molar-refractivity contribution in [3.05, 3.63) is 58.3 Å². The molecule has 1 aliphatic rings. The minimum Gasteiger partial charge on any atom is -0.366 e. The number of hydrogen-bond acceptors (Lipinski definition) is 3. The van der Waals surface area contributed by atoms with E-state index in [-0.39, 0.29) is 21.5 Å². The molecule has 26 heavy (non-hydrogen) atoms. The highest BCUT2D eigenvalue weighted by atomic mass is 35.5. The molecule has 0 radical (unpaired) electrons. The summed E-state index contributed by atoms with van der Waals surface area (Å²) in [5.41, 5.74) is 0.775. The van der Waals surface area contributed by atoms with Crippen molar-refractivity contribution in [1.82, 2.24) is 4.90 Å². The van der Waals surface area contributed by atoms with Gasteiger partial charge in [0.15, 0.2) is 0 Å². The molecule has 0 atom stereocenters. The number of piperazine rings is 1. The topological polar surface area (TPSA) is 52.7 Å². The number of para-hydroxylation sites is 1. The van der Waals surface area contributed by atoms with Crippen molar-refractivity contribution in [2.75, 3.05) is 36.4 Å². The SMILES string of the molecule is O=C(Nc1cccc(Cl)c1Cl)C(=O)N1CCN(c2ccccc2F)CC1. The smallest absolute Gasteiger partial charge is 0.313 e. The molecule has 0 aromatic heterocycles. The third-order valence-electron chi connectivity index (χ3n) is 4.15. The molecule has 1 heterocycles. The fourth-order valence-electron chi connectivity index (χ4n) is 2.78. The van der Waals surface area contributed by atoms with Crippen LogP contribution in [0.4, 0.5) is 15.8 Å².